The number of hydrazine groups is 1. The van der Waals surface area contributed by atoms with Crippen LogP contribution < -0.4 is 22.0 Å². The fourth-order valence-electron chi connectivity index (χ4n) is 3.63. The summed E-state index contributed by atoms with van der Waals surface area (Å²) in [5, 5.41) is 4.36. The molecular formula is C24H23F2N5O4. The van der Waals surface area contributed by atoms with Crippen molar-refractivity contribution >= 4 is 16.8 Å². The fraction of sp³-hybridized carbons (Fsp3) is 0.208. The van der Waals surface area contributed by atoms with E-state index in [0.29, 0.717) is 12.1 Å². The Labute approximate surface area is 198 Å². The monoisotopic (exact) mass is 483 g/mol. The number of hydroxylamine groups is 1. The summed E-state index contributed by atoms with van der Waals surface area (Å²) >= 11 is 0. The van der Waals surface area contributed by atoms with Gasteiger partial charge in [0.25, 0.3) is 11.5 Å². The summed E-state index contributed by atoms with van der Waals surface area (Å²) in [4.78, 5) is 43.9. The fourth-order valence-corrected chi connectivity index (χ4v) is 3.63. The van der Waals surface area contributed by atoms with Gasteiger partial charge in [-0.2, -0.15) is 5.17 Å². The Morgan fingerprint density at radius 1 is 1.11 bits per heavy atom. The third-order valence-corrected chi connectivity index (χ3v) is 5.46. The van der Waals surface area contributed by atoms with Gasteiger partial charge < -0.3 is 5.32 Å². The van der Waals surface area contributed by atoms with Crippen LogP contribution in [0, 0.1) is 11.6 Å². The van der Waals surface area contributed by atoms with Crippen LogP contribution in [-0.2, 0) is 18.4 Å². The minimum atomic E-state index is -1.07. The molecule has 2 aromatic carbocycles. The van der Waals surface area contributed by atoms with Crippen LogP contribution >= 0.6 is 0 Å². The van der Waals surface area contributed by atoms with Crippen LogP contribution in [0.3, 0.4) is 0 Å². The molecule has 0 radical (unpaired) electrons. The van der Waals surface area contributed by atoms with Crippen LogP contribution in [0.4, 0.5) is 8.78 Å². The zero-order valence-corrected chi connectivity index (χ0v) is 19.0. The maximum Gasteiger partial charge on any atom is 0.331 e. The highest BCUT2D eigenvalue weighted by molar-refractivity contribution is 5.98. The summed E-state index contributed by atoms with van der Waals surface area (Å²) in [5.74, 6) is -2.50. The number of hydrogen-bond acceptors (Lipinski definition) is 6. The third kappa shape index (κ3) is 4.99. The molecule has 11 heteroatoms. The Balaban J connectivity index is 1.58. The molecule has 35 heavy (non-hydrogen) atoms. The van der Waals surface area contributed by atoms with Crippen molar-refractivity contribution < 1.29 is 18.4 Å². The number of fused-ring (bicyclic) bond motifs is 1. The van der Waals surface area contributed by atoms with Crippen molar-refractivity contribution in [3.05, 3.63) is 104 Å². The van der Waals surface area contributed by atoms with E-state index in [0.717, 1.165) is 22.3 Å². The van der Waals surface area contributed by atoms with Gasteiger partial charge in [0.05, 0.1) is 30.3 Å². The number of aryl methyl sites for hydroxylation is 1. The molecule has 0 bridgehead atoms. The number of carbonyl (C=O) groups excluding carboxylic acids is 1. The highest BCUT2D eigenvalue weighted by atomic mass is 19.2. The molecule has 0 saturated heterocycles. The van der Waals surface area contributed by atoms with Crippen molar-refractivity contribution in [3.63, 3.8) is 0 Å². The van der Waals surface area contributed by atoms with E-state index >= 15 is 0 Å². The molecule has 0 saturated carbocycles. The average Bonchev–Trinajstić information content (AvgIpc) is 2.86. The SMILES string of the molecule is CCON1C=CC(CNC(=O)c2ccc3c(c2)c(=O)n(Cc2ccc(F)c(F)c2)c(=O)n3C)=CN1. The quantitative estimate of drug-likeness (QED) is 0.533. The highest BCUT2D eigenvalue weighted by Crippen LogP contribution is 2.13. The number of benzene rings is 2. The standard InChI is InChI=1S/C24H23F2N5O4/c1-3-35-31-9-8-16(13-28-31)12-27-22(32)17-5-7-21-18(11-17)23(33)30(24(34)29(21)2)14-15-4-6-19(25)20(26)10-15/h4-11,13,28H,3,12,14H2,1-2H3,(H,27,32). The second-order valence-electron chi connectivity index (χ2n) is 7.80. The van der Waals surface area contributed by atoms with Crippen molar-refractivity contribution in [1.82, 2.24) is 25.0 Å². The lowest BCUT2D eigenvalue weighted by Crippen LogP contribution is -2.39. The number of carbonyl (C=O) groups is 1. The maximum absolute atomic E-state index is 13.6. The molecular weight excluding hydrogens is 460 g/mol. The minimum absolute atomic E-state index is 0.146. The molecule has 0 aliphatic carbocycles. The number of nitrogens with one attached hydrogen (secondary N) is 2. The van der Waals surface area contributed by atoms with Crippen LogP contribution in [0.25, 0.3) is 10.9 Å². The average molecular weight is 483 g/mol. The van der Waals surface area contributed by atoms with E-state index in [1.54, 1.807) is 18.5 Å². The van der Waals surface area contributed by atoms with E-state index < -0.39 is 28.8 Å². The number of halogens is 2. The van der Waals surface area contributed by atoms with Gasteiger partial charge in [0.1, 0.15) is 0 Å². The molecule has 4 rings (SSSR count). The van der Waals surface area contributed by atoms with Crippen LogP contribution in [0.15, 0.2) is 70.0 Å². The minimum Gasteiger partial charge on any atom is -0.348 e. The normalized spacial score (nSPS) is 13.0. The molecule has 1 aliphatic rings. The van der Waals surface area contributed by atoms with E-state index in [1.165, 1.54) is 41.1 Å². The Morgan fingerprint density at radius 3 is 2.60 bits per heavy atom. The van der Waals surface area contributed by atoms with Crippen molar-refractivity contribution in [2.24, 2.45) is 7.05 Å². The van der Waals surface area contributed by atoms with E-state index in [4.69, 9.17) is 4.84 Å². The second kappa shape index (κ2) is 9.94. The van der Waals surface area contributed by atoms with Crippen LogP contribution in [0.1, 0.15) is 22.8 Å². The molecule has 0 unspecified atom stereocenters. The van der Waals surface area contributed by atoms with Gasteiger partial charge in [0, 0.05) is 25.4 Å². The number of hydrogen-bond donors (Lipinski definition) is 2. The third-order valence-electron chi connectivity index (χ3n) is 5.46. The Bertz CT molecular complexity index is 1480. The number of rotatable bonds is 7. The lowest BCUT2D eigenvalue weighted by Gasteiger charge is -2.22. The number of nitrogens with zero attached hydrogens (tertiary/aromatic N) is 3. The van der Waals surface area contributed by atoms with Crippen LogP contribution in [0.5, 0.6) is 0 Å². The summed E-state index contributed by atoms with van der Waals surface area (Å²) < 4.78 is 29.1. The zero-order valence-electron chi connectivity index (χ0n) is 19.0. The molecule has 2 N–H and O–H groups in total. The topological polar surface area (TPSA) is 97.6 Å². The van der Waals surface area contributed by atoms with Crippen molar-refractivity contribution in [2.45, 2.75) is 13.5 Å². The van der Waals surface area contributed by atoms with Gasteiger partial charge in [-0.1, -0.05) is 6.07 Å². The Morgan fingerprint density at radius 2 is 1.91 bits per heavy atom. The largest absolute Gasteiger partial charge is 0.348 e. The van der Waals surface area contributed by atoms with Gasteiger partial charge in [0.2, 0.25) is 0 Å². The Kier molecular flexibility index (Phi) is 6.78. The van der Waals surface area contributed by atoms with Crippen molar-refractivity contribution in [1.29, 1.82) is 0 Å². The first-order valence-electron chi connectivity index (χ1n) is 10.8. The smallest absolute Gasteiger partial charge is 0.331 e. The first-order valence-corrected chi connectivity index (χ1v) is 10.8. The van der Waals surface area contributed by atoms with E-state index in [9.17, 15) is 23.2 Å². The molecule has 0 spiro atoms. The summed E-state index contributed by atoms with van der Waals surface area (Å²) in [6.07, 6.45) is 5.14. The number of aromatic nitrogens is 2. The van der Waals surface area contributed by atoms with Gasteiger partial charge in [0.15, 0.2) is 11.6 Å². The van der Waals surface area contributed by atoms with Gasteiger partial charge >= 0.3 is 5.69 Å². The van der Waals surface area contributed by atoms with Gasteiger partial charge in [-0.3, -0.25) is 29.0 Å². The van der Waals surface area contributed by atoms with Gasteiger partial charge in [-0.15, -0.1) is 0 Å². The summed E-state index contributed by atoms with van der Waals surface area (Å²) in [6.45, 7) is 2.33. The van der Waals surface area contributed by atoms with Crippen molar-refractivity contribution in [3.8, 4) is 0 Å². The van der Waals surface area contributed by atoms with E-state index in [2.05, 4.69) is 10.7 Å². The molecule has 0 fully saturated rings. The molecule has 0 atom stereocenters. The summed E-state index contributed by atoms with van der Waals surface area (Å²) in [7, 11) is 1.49. The molecule has 1 aliphatic heterocycles. The molecule has 9 nitrogen and oxygen atoms in total. The summed E-state index contributed by atoms with van der Waals surface area (Å²) in [5.41, 5.74) is 3.27. The molecule has 2 heterocycles. The summed E-state index contributed by atoms with van der Waals surface area (Å²) in [6, 6.07) is 7.63. The van der Waals surface area contributed by atoms with Crippen molar-refractivity contribution in [2.75, 3.05) is 13.2 Å². The number of amides is 1. The van der Waals surface area contributed by atoms with E-state index in [1.807, 2.05) is 6.92 Å². The van der Waals surface area contributed by atoms with Gasteiger partial charge in [-0.25, -0.2) is 13.6 Å². The van der Waals surface area contributed by atoms with Crippen LogP contribution in [0.2, 0.25) is 0 Å². The van der Waals surface area contributed by atoms with Gasteiger partial charge in [-0.05, 0) is 54.5 Å². The first-order chi connectivity index (χ1) is 16.8. The lowest BCUT2D eigenvalue weighted by molar-refractivity contribution is -0.143. The Hall–Kier alpha value is -4.25. The van der Waals surface area contributed by atoms with Crippen LogP contribution in [-0.4, -0.2) is 33.4 Å². The molecule has 1 aromatic heterocycles. The highest BCUT2D eigenvalue weighted by Gasteiger charge is 2.15. The molecule has 1 amide bonds. The molecule has 182 valence electrons. The molecule has 3 aromatic rings. The van der Waals surface area contributed by atoms with E-state index in [-0.39, 0.29) is 29.6 Å². The second-order valence-corrected chi connectivity index (χ2v) is 7.80. The predicted octanol–water partition coefficient (Wildman–Crippen LogP) is 1.93. The first kappa shape index (κ1) is 23.9. The predicted molar refractivity (Wildman–Crippen MR) is 125 cm³/mol. The zero-order chi connectivity index (χ0) is 25.1. The maximum atomic E-state index is 13.6. The lowest BCUT2D eigenvalue weighted by atomic mass is 10.1.